The summed E-state index contributed by atoms with van der Waals surface area (Å²) < 4.78 is 30.7. The highest BCUT2D eigenvalue weighted by molar-refractivity contribution is 6.30. The molecule has 4 rings (SSSR count). The predicted molar refractivity (Wildman–Crippen MR) is 124 cm³/mol. The van der Waals surface area contributed by atoms with E-state index in [9.17, 15) is 23.2 Å². The predicted octanol–water partition coefficient (Wildman–Crippen LogP) is 4.56. The van der Waals surface area contributed by atoms with Crippen LogP contribution < -0.4 is 0 Å². The number of aromatic nitrogens is 2. The summed E-state index contributed by atoms with van der Waals surface area (Å²) in [6, 6.07) is 7.06. The number of Topliss-reactive ketones (excluding diaryl/α,β-unsaturated/α-hetero) is 2. The first-order chi connectivity index (χ1) is 16.1. The average molecular weight is 488 g/mol. The Bertz CT molecular complexity index is 1290. The van der Waals surface area contributed by atoms with Crippen molar-refractivity contribution < 1.29 is 23.2 Å². The summed E-state index contributed by atoms with van der Waals surface area (Å²) in [4.78, 5) is 43.7. The van der Waals surface area contributed by atoms with Gasteiger partial charge in [0, 0.05) is 36.2 Å². The van der Waals surface area contributed by atoms with Gasteiger partial charge in [-0.05, 0) is 44.0 Å². The maximum atomic E-state index is 14.9. The topological polar surface area (TPSA) is 72.3 Å². The first-order valence-electron chi connectivity index (χ1n) is 11.0. The Morgan fingerprint density at radius 1 is 1.24 bits per heavy atom. The molecule has 178 valence electrons. The summed E-state index contributed by atoms with van der Waals surface area (Å²) in [6.45, 7) is 2.38. The lowest BCUT2D eigenvalue weighted by Crippen LogP contribution is -2.42. The molecule has 3 heterocycles. The Balaban J connectivity index is 1.53. The monoisotopic (exact) mass is 487 g/mol. The van der Waals surface area contributed by atoms with Crippen LogP contribution in [-0.2, 0) is 22.6 Å². The number of nitrogens with zero attached hydrogens (tertiary/aromatic N) is 3. The molecule has 6 nitrogen and oxygen atoms in total. The molecule has 0 radical (unpaired) electrons. The Labute approximate surface area is 200 Å². The molecular formula is C25H24ClF2N3O3. The zero-order valence-electron chi connectivity index (χ0n) is 18.9. The van der Waals surface area contributed by atoms with Crippen LogP contribution in [0.5, 0.6) is 0 Å². The van der Waals surface area contributed by atoms with Crippen LogP contribution in [0, 0.1) is 5.82 Å². The number of benzene rings is 1. The molecule has 1 aliphatic rings. The van der Waals surface area contributed by atoms with Gasteiger partial charge in [0.2, 0.25) is 5.91 Å². The second kappa shape index (κ2) is 9.25. The van der Waals surface area contributed by atoms with Crippen molar-refractivity contribution >= 4 is 40.1 Å². The third-order valence-corrected chi connectivity index (χ3v) is 6.47. The van der Waals surface area contributed by atoms with Crippen molar-refractivity contribution in [1.82, 2.24) is 14.5 Å². The number of amides is 1. The second-order valence-electron chi connectivity index (χ2n) is 8.94. The van der Waals surface area contributed by atoms with Gasteiger partial charge in [0.05, 0.1) is 17.6 Å². The molecule has 1 amide bonds. The van der Waals surface area contributed by atoms with E-state index < -0.39 is 23.4 Å². The molecule has 3 aromatic rings. The molecule has 9 heteroatoms. The van der Waals surface area contributed by atoms with Gasteiger partial charge in [-0.2, -0.15) is 0 Å². The van der Waals surface area contributed by atoms with Gasteiger partial charge in [-0.3, -0.25) is 14.4 Å². The lowest BCUT2D eigenvalue weighted by Gasteiger charge is -2.24. The molecule has 1 aromatic carbocycles. The minimum Gasteiger partial charge on any atom is -0.328 e. The van der Waals surface area contributed by atoms with E-state index in [-0.39, 0.29) is 48.9 Å². The molecule has 1 aliphatic heterocycles. The zero-order valence-corrected chi connectivity index (χ0v) is 19.6. The number of aryl methyl sites for hydroxylation is 1. The van der Waals surface area contributed by atoms with Crippen LogP contribution in [0.15, 0.2) is 42.7 Å². The van der Waals surface area contributed by atoms with Gasteiger partial charge in [-0.25, -0.2) is 13.8 Å². The SMILES string of the molecule is CC(=O)c1cn(CC(=O)N2C[C@](C)(F)C[C@H]2C(=O)CCc2cccc(Cl)c2F)c2ncccc12. The molecular weight excluding hydrogens is 464 g/mol. The summed E-state index contributed by atoms with van der Waals surface area (Å²) in [7, 11) is 0. The maximum absolute atomic E-state index is 14.9. The molecule has 0 unspecified atom stereocenters. The van der Waals surface area contributed by atoms with Gasteiger partial charge < -0.3 is 9.47 Å². The second-order valence-corrected chi connectivity index (χ2v) is 9.34. The average Bonchev–Trinajstić information content (AvgIpc) is 3.32. The number of ketones is 2. The van der Waals surface area contributed by atoms with Crippen LogP contribution in [0.2, 0.25) is 5.02 Å². The summed E-state index contributed by atoms with van der Waals surface area (Å²) in [5, 5.41) is 0.590. The van der Waals surface area contributed by atoms with E-state index in [1.807, 2.05) is 0 Å². The number of carbonyl (C=O) groups is 3. The van der Waals surface area contributed by atoms with Gasteiger partial charge in [0.15, 0.2) is 11.6 Å². The fraction of sp³-hybridized carbons (Fsp3) is 0.360. The molecule has 0 saturated carbocycles. The Hall–Kier alpha value is -3.13. The van der Waals surface area contributed by atoms with Crippen LogP contribution >= 0.6 is 11.6 Å². The van der Waals surface area contributed by atoms with E-state index in [0.29, 0.717) is 22.2 Å². The van der Waals surface area contributed by atoms with Crippen molar-refractivity contribution in [2.75, 3.05) is 6.54 Å². The maximum Gasteiger partial charge on any atom is 0.243 e. The quantitative estimate of drug-likeness (QED) is 0.458. The highest BCUT2D eigenvalue weighted by Gasteiger charge is 2.46. The summed E-state index contributed by atoms with van der Waals surface area (Å²) >= 11 is 5.81. The van der Waals surface area contributed by atoms with Gasteiger partial charge in [0.25, 0.3) is 0 Å². The molecule has 2 atom stereocenters. The minimum atomic E-state index is -1.72. The molecule has 0 aliphatic carbocycles. The van der Waals surface area contributed by atoms with Gasteiger partial charge >= 0.3 is 0 Å². The number of hydrogen-bond acceptors (Lipinski definition) is 4. The van der Waals surface area contributed by atoms with Gasteiger partial charge in [-0.1, -0.05) is 23.7 Å². The van der Waals surface area contributed by atoms with E-state index in [0.717, 1.165) is 0 Å². The summed E-state index contributed by atoms with van der Waals surface area (Å²) in [6.07, 6.45) is 3.04. The van der Waals surface area contributed by atoms with Crippen molar-refractivity contribution in [3.05, 3.63) is 64.7 Å². The molecule has 34 heavy (non-hydrogen) atoms. The van der Waals surface area contributed by atoms with Crippen LogP contribution in [-0.4, -0.2) is 50.2 Å². The van der Waals surface area contributed by atoms with Crippen LogP contribution in [0.25, 0.3) is 11.0 Å². The van der Waals surface area contributed by atoms with Crippen molar-refractivity contribution in [2.45, 2.75) is 51.4 Å². The van der Waals surface area contributed by atoms with Crippen LogP contribution in [0.1, 0.15) is 42.6 Å². The number of alkyl halides is 1. The Morgan fingerprint density at radius 3 is 2.74 bits per heavy atom. The normalized spacial score (nSPS) is 20.1. The van der Waals surface area contributed by atoms with Crippen molar-refractivity contribution in [3.63, 3.8) is 0 Å². The van der Waals surface area contributed by atoms with E-state index in [1.165, 1.54) is 24.8 Å². The smallest absolute Gasteiger partial charge is 0.243 e. The first kappa shape index (κ1) is 24.0. The molecule has 0 N–H and O–H groups in total. The minimum absolute atomic E-state index is 0.0311. The Morgan fingerprint density at radius 2 is 2.00 bits per heavy atom. The highest BCUT2D eigenvalue weighted by Crippen LogP contribution is 2.32. The fourth-order valence-electron chi connectivity index (χ4n) is 4.52. The summed E-state index contributed by atoms with van der Waals surface area (Å²) in [5.41, 5.74) is -0.536. The van der Waals surface area contributed by atoms with E-state index in [4.69, 9.17) is 11.6 Å². The molecule has 1 fully saturated rings. The summed E-state index contributed by atoms with van der Waals surface area (Å²) in [5.74, 6) is -1.54. The highest BCUT2D eigenvalue weighted by atomic mass is 35.5. The number of halogens is 3. The van der Waals surface area contributed by atoms with Crippen molar-refractivity contribution in [3.8, 4) is 0 Å². The fourth-order valence-corrected chi connectivity index (χ4v) is 4.71. The van der Waals surface area contributed by atoms with Crippen LogP contribution in [0.4, 0.5) is 8.78 Å². The van der Waals surface area contributed by atoms with E-state index in [2.05, 4.69) is 4.98 Å². The number of carbonyl (C=O) groups excluding carboxylic acids is 3. The number of pyridine rings is 1. The number of rotatable bonds is 7. The van der Waals surface area contributed by atoms with Crippen LogP contribution in [0.3, 0.4) is 0 Å². The molecule has 2 aromatic heterocycles. The number of hydrogen-bond donors (Lipinski definition) is 0. The largest absolute Gasteiger partial charge is 0.328 e. The standard InChI is InChI=1S/C25H24ClF2N3O3/c1-15(32)18-12-30(24-17(18)6-4-10-29-24)13-22(34)31-14-25(2,28)11-20(31)21(33)9-8-16-5-3-7-19(26)23(16)27/h3-7,10,12,20H,8-9,11,13-14H2,1-2H3/t20-,25+/m0/s1. The van der Waals surface area contributed by atoms with Crippen molar-refractivity contribution in [1.29, 1.82) is 0 Å². The molecule has 0 spiro atoms. The van der Waals surface area contributed by atoms with E-state index >= 15 is 0 Å². The van der Waals surface area contributed by atoms with Gasteiger partial charge in [-0.15, -0.1) is 0 Å². The first-order valence-corrected chi connectivity index (χ1v) is 11.3. The lowest BCUT2D eigenvalue weighted by atomic mass is 9.98. The lowest BCUT2D eigenvalue weighted by molar-refractivity contribution is -0.138. The molecule has 0 bridgehead atoms. The zero-order chi connectivity index (χ0) is 24.6. The molecule has 1 saturated heterocycles. The third-order valence-electron chi connectivity index (χ3n) is 6.18. The number of fused-ring (bicyclic) bond motifs is 1. The number of likely N-dealkylation sites (tertiary alicyclic amines) is 1. The third kappa shape index (κ3) is 4.73. The van der Waals surface area contributed by atoms with Gasteiger partial charge in [0.1, 0.15) is 23.7 Å². The van der Waals surface area contributed by atoms with E-state index in [1.54, 1.807) is 41.2 Å². The Kier molecular flexibility index (Phi) is 6.53. The van der Waals surface area contributed by atoms with Crippen molar-refractivity contribution in [2.24, 2.45) is 0 Å².